The Hall–Kier alpha value is -1.96. The van der Waals surface area contributed by atoms with Crippen LogP contribution < -0.4 is 10.4 Å². The molecule has 0 N–H and O–H groups in total. The molecule has 2 atom stereocenters. The van der Waals surface area contributed by atoms with Gasteiger partial charge < -0.3 is 0 Å². The number of hydrogen-bond acceptors (Lipinski definition) is 0. The molecule has 4 aromatic rings. The molecule has 0 spiro atoms. The molecule has 2 unspecified atom stereocenters. The van der Waals surface area contributed by atoms with Gasteiger partial charge in [0.2, 0.25) is 0 Å². The predicted molar refractivity (Wildman–Crippen MR) is 193 cm³/mol. The van der Waals surface area contributed by atoms with Crippen molar-refractivity contribution in [3.05, 3.63) is 142 Å². The monoisotopic (exact) mass is 712 g/mol. The van der Waals surface area contributed by atoms with Gasteiger partial charge in [0.15, 0.2) is 0 Å². The molecule has 44 heavy (non-hydrogen) atoms. The molecule has 0 amide bonds. The maximum atomic E-state index is 8.96. The summed E-state index contributed by atoms with van der Waals surface area (Å²) < 4.78 is -0.0204. The maximum absolute atomic E-state index is 8.96. The Morgan fingerprint density at radius 3 is 1.25 bits per heavy atom. The topological polar surface area (TPSA) is 0 Å². The van der Waals surface area contributed by atoms with Gasteiger partial charge >= 0.3 is 275 Å². The predicted octanol–water partition coefficient (Wildman–Crippen LogP) is 10.7. The molecular formula is C40H44Cl2SiZr. The van der Waals surface area contributed by atoms with Crippen molar-refractivity contribution in [2.24, 2.45) is 0 Å². The zero-order chi connectivity index (χ0) is 31.7. The number of benzene rings is 4. The second-order valence-corrected chi connectivity index (χ2v) is 50.1. The number of hydrogen-bond donors (Lipinski definition) is 0. The third-order valence-electron chi connectivity index (χ3n) is 9.87. The third kappa shape index (κ3) is 5.23. The van der Waals surface area contributed by atoms with Crippen LogP contribution in [0, 0.1) is 0 Å². The van der Waals surface area contributed by atoms with Crippen LogP contribution in [0.15, 0.2) is 108 Å². The molecule has 0 aliphatic heterocycles. The van der Waals surface area contributed by atoms with Crippen molar-refractivity contribution in [2.75, 3.05) is 0 Å². The first-order valence-electron chi connectivity index (χ1n) is 15.8. The molecule has 0 saturated heterocycles. The first-order valence-corrected chi connectivity index (χ1v) is 30.2. The van der Waals surface area contributed by atoms with Gasteiger partial charge in [-0.3, -0.25) is 0 Å². The molecule has 0 aromatic heterocycles. The normalized spacial score (nSPS) is 18.4. The van der Waals surface area contributed by atoms with E-state index in [1.165, 1.54) is 54.9 Å². The molecule has 0 fully saturated rings. The minimum absolute atomic E-state index is 0.0102. The molecule has 4 aromatic carbocycles. The van der Waals surface area contributed by atoms with Gasteiger partial charge in [-0.2, -0.15) is 0 Å². The molecule has 226 valence electrons. The van der Waals surface area contributed by atoms with Crippen LogP contribution in [-0.2, 0) is 25.8 Å². The average molecular weight is 715 g/mol. The van der Waals surface area contributed by atoms with Crippen molar-refractivity contribution in [1.82, 2.24) is 0 Å². The first-order chi connectivity index (χ1) is 20.6. The Kier molecular flexibility index (Phi) is 8.06. The number of rotatable bonds is 4. The Morgan fingerprint density at radius 1 is 0.545 bits per heavy atom. The van der Waals surface area contributed by atoms with Gasteiger partial charge in [-0.05, 0) is 0 Å². The van der Waals surface area contributed by atoms with Gasteiger partial charge in [0.25, 0.3) is 0 Å². The van der Waals surface area contributed by atoms with Gasteiger partial charge in [0.1, 0.15) is 0 Å². The molecule has 2 aliphatic carbocycles. The summed E-state index contributed by atoms with van der Waals surface area (Å²) in [5.41, 5.74) is 8.83. The minimum atomic E-state index is -5.27. The summed E-state index contributed by atoms with van der Waals surface area (Å²) in [5.74, 6) is 0. The van der Waals surface area contributed by atoms with E-state index in [-0.39, 0.29) is 18.1 Å². The van der Waals surface area contributed by atoms with Crippen molar-refractivity contribution >= 4 is 45.0 Å². The molecular weight excluding hydrogens is 671 g/mol. The summed E-state index contributed by atoms with van der Waals surface area (Å²) in [5, 5.41) is 2.61. The van der Waals surface area contributed by atoms with E-state index in [0.29, 0.717) is 0 Å². The van der Waals surface area contributed by atoms with E-state index in [1.54, 1.807) is 0 Å². The summed E-state index contributed by atoms with van der Waals surface area (Å²) in [7, 11) is 17.9. The van der Waals surface area contributed by atoms with Crippen LogP contribution in [0.25, 0.3) is 12.2 Å². The average Bonchev–Trinajstić information content (AvgIpc) is 3.48. The quantitative estimate of drug-likeness (QED) is 0.185. The fourth-order valence-corrected chi connectivity index (χ4v) is 54.2. The number of allylic oxidation sites excluding steroid dienone is 2. The van der Waals surface area contributed by atoms with Crippen molar-refractivity contribution < 1.29 is 15.0 Å². The Balaban J connectivity index is 1.82. The van der Waals surface area contributed by atoms with Gasteiger partial charge in [-0.15, -0.1) is 0 Å². The SMILES string of the molecule is CC1=Cc2ccc(C(C)(C)C)cc2[CH]1[Zr]([Cl])([Cl])([CH]1C(C)=Cc2ccc(C(C)(C)C)cc21)=[Si](c1ccccc1)c1ccccc1. The molecule has 2 aliphatic rings. The molecule has 0 bridgehead atoms. The summed E-state index contributed by atoms with van der Waals surface area (Å²) >= 11 is -5.27. The summed E-state index contributed by atoms with van der Waals surface area (Å²) in [6.07, 6.45) is 4.75. The van der Waals surface area contributed by atoms with Crippen molar-refractivity contribution in [3.8, 4) is 0 Å². The molecule has 4 heteroatoms. The Labute approximate surface area is 273 Å². The van der Waals surface area contributed by atoms with E-state index >= 15 is 0 Å². The van der Waals surface area contributed by atoms with Gasteiger partial charge in [-0.1, -0.05) is 0 Å². The Morgan fingerprint density at radius 2 is 0.909 bits per heavy atom. The second kappa shape index (κ2) is 11.1. The van der Waals surface area contributed by atoms with Crippen LogP contribution in [0.4, 0.5) is 0 Å². The van der Waals surface area contributed by atoms with Crippen molar-refractivity contribution in [2.45, 2.75) is 73.5 Å². The van der Waals surface area contributed by atoms with Crippen LogP contribution in [0.5, 0.6) is 0 Å². The van der Waals surface area contributed by atoms with Crippen LogP contribution in [0.1, 0.15) is 96.0 Å². The summed E-state index contributed by atoms with van der Waals surface area (Å²) in [6.45, 7) is 18.3. The van der Waals surface area contributed by atoms with E-state index < -0.39 is 20.4 Å². The van der Waals surface area contributed by atoms with Crippen LogP contribution >= 0.6 is 17.0 Å². The number of fused-ring (bicyclic) bond motifs is 2. The molecule has 0 radical (unpaired) electrons. The zero-order valence-corrected chi connectivity index (χ0v) is 32.3. The summed E-state index contributed by atoms with van der Waals surface area (Å²) in [4.78, 5) is 0. The second-order valence-electron chi connectivity index (χ2n) is 15.1. The molecule has 0 heterocycles. The standard InChI is InChI=1S/2C14H17.C12H10Si.2ClH.Zr/c2*1-10-7-11-5-6-13(14(2,3)4)9-12(11)8-10;1-3-7-11(8-4-1)13-12-9-5-2-6-10-12;;;/h2*5-9H,1-4H3;1-10H;2*1H;/q;;;;;+2/p-2. The molecule has 0 saturated carbocycles. The Bertz CT molecular complexity index is 1760. The van der Waals surface area contributed by atoms with Crippen LogP contribution in [-0.4, -0.2) is 5.43 Å². The summed E-state index contributed by atoms with van der Waals surface area (Å²) in [6, 6.07) is 36.1. The fourth-order valence-electron chi connectivity index (χ4n) is 7.78. The van der Waals surface area contributed by atoms with Crippen LogP contribution in [0.3, 0.4) is 0 Å². The van der Waals surface area contributed by atoms with E-state index in [0.717, 1.165) is 0 Å². The van der Waals surface area contributed by atoms with Gasteiger partial charge in [-0.25, -0.2) is 0 Å². The molecule has 0 nitrogen and oxygen atoms in total. The zero-order valence-electron chi connectivity index (χ0n) is 27.3. The van der Waals surface area contributed by atoms with Gasteiger partial charge in [0.05, 0.1) is 0 Å². The van der Waals surface area contributed by atoms with Crippen molar-refractivity contribution in [1.29, 1.82) is 0 Å². The fraction of sp³-hybridized carbons (Fsp3) is 0.300. The first kappa shape index (κ1) is 32.0. The van der Waals surface area contributed by atoms with Gasteiger partial charge in [0, 0.05) is 0 Å². The van der Waals surface area contributed by atoms with E-state index in [2.05, 4.69) is 165 Å². The van der Waals surface area contributed by atoms with E-state index in [9.17, 15) is 0 Å². The molecule has 6 rings (SSSR count). The van der Waals surface area contributed by atoms with Crippen LogP contribution in [0.2, 0.25) is 0 Å². The van der Waals surface area contributed by atoms with E-state index in [1.807, 2.05) is 0 Å². The third-order valence-corrected chi connectivity index (χ3v) is 48.2. The van der Waals surface area contributed by atoms with E-state index in [4.69, 9.17) is 17.0 Å². The number of halogens is 2. The van der Waals surface area contributed by atoms with Crippen molar-refractivity contribution in [3.63, 3.8) is 0 Å².